The van der Waals surface area contributed by atoms with Crippen LogP contribution in [0.3, 0.4) is 0 Å². The van der Waals surface area contributed by atoms with Crippen molar-refractivity contribution in [1.82, 2.24) is 10.2 Å². The van der Waals surface area contributed by atoms with Gasteiger partial charge in [0.2, 0.25) is 0 Å². The Balaban J connectivity index is 2.46. The lowest BCUT2D eigenvalue weighted by Crippen LogP contribution is -2.42. The molecule has 0 saturated carbocycles. The van der Waals surface area contributed by atoms with Gasteiger partial charge in [0.1, 0.15) is 0 Å². The smallest absolute Gasteiger partial charge is 0.0143 e. The van der Waals surface area contributed by atoms with Gasteiger partial charge in [0, 0.05) is 12.6 Å². The fourth-order valence-electron chi connectivity index (χ4n) is 2.39. The van der Waals surface area contributed by atoms with Crippen molar-refractivity contribution in [3.63, 3.8) is 0 Å². The minimum Gasteiger partial charge on any atom is -0.330 e. The van der Waals surface area contributed by atoms with Crippen molar-refractivity contribution < 1.29 is 0 Å². The van der Waals surface area contributed by atoms with Crippen LogP contribution < -0.4 is 11.1 Å². The highest BCUT2D eigenvalue weighted by Gasteiger charge is 2.29. The molecule has 3 unspecified atom stereocenters. The molecule has 0 bridgehead atoms. The molecule has 1 aliphatic heterocycles. The van der Waals surface area contributed by atoms with Crippen LogP contribution in [-0.2, 0) is 0 Å². The van der Waals surface area contributed by atoms with Crippen LogP contribution in [0.4, 0.5) is 0 Å². The van der Waals surface area contributed by atoms with Crippen molar-refractivity contribution in [3.8, 4) is 0 Å². The van der Waals surface area contributed by atoms with E-state index in [0.29, 0.717) is 12.0 Å². The molecule has 0 spiro atoms. The van der Waals surface area contributed by atoms with Gasteiger partial charge in [-0.25, -0.2) is 0 Å². The zero-order chi connectivity index (χ0) is 9.84. The summed E-state index contributed by atoms with van der Waals surface area (Å²) >= 11 is 0. The third kappa shape index (κ3) is 2.66. The average molecular weight is 185 g/mol. The normalized spacial score (nSPS) is 29.1. The second-order valence-electron chi connectivity index (χ2n) is 4.34. The summed E-state index contributed by atoms with van der Waals surface area (Å²) in [6.45, 7) is 5.47. The van der Waals surface area contributed by atoms with E-state index < -0.39 is 0 Å². The SMILES string of the molecule is CNC(C(C)CN)C1CCN(C)C1. The number of hydrogen-bond donors (Lipinski definition) is 2. The molecule has 1 fully saturated rings. The van der Waals surface area contributed by atoms with Gasteiger partial charge in [-0.2, -0.15) is 0 Å². The first kappa shape index (κ1) is 11.0. The third-order valence-electron chi connectivity index (χ3n) is 3.25. The van der Waals surface area contributed by atoms with Crippen molar-refractivity contribution in [2.24, 2.45) is 17.6 Å². The third-order valence-corrected chi connectivity index (χ3v) is 3.25. The molecule has 1 rings (SSSR count). The molecule has 1 saturated heterocycles. The average Bonchev–Trinajstić information content (AvgIpc) is 2.53. The number of nitrogens with one attached hydrogen (secondary N) is 1. The first-order valence-corrected chi connectivity index (χ1v) is 5.25. The summed E-state index contributed by atoms with van der Waals surface area (Å²) in [5, 5.41) is 3.41. The lowest BCUT2D eigenvalue weighted by atomic mass is 9.89. The van der Waals surface area contributed by atoms with Gasteiger partial charge in [0.25, 0.3) is 0 Å². The predicted octanol–water partition coefficient (Wildman–Crippen LogP) is 0.121. The highest BCUT2D eigenvalue weighted by molar-refractivity contribution is 4.86. The lowest BCUT2D eigenvalue weighted by Gasteiger charge is -2.28. The molecule has 3 N–H and O–H groups in total. The molecule has 13 heavy (non-hydrogen) atoms. The Morgan fingerprint density at radius 1 is 1.62 bits per heavy atom. The van der Waals surface area contributed by atoms with E-state index in [1.54, 1.807) is 0 Å². The summed E-state index contributed by atoms with van der Waals surface area (Å²) in [6, 6.07) is 0.593. The van der Waals surface area contributed by atoms with Gasteiger partial charge >= 0.3 is 0 Å². The Hall–Kier alpha value is -0.120. The molecule has 3 nitrogen and oxygen atoms in total. The zero-order valence-corrected chi connectivity index (χ0v) is 9.09. The van der Waals surface area contributed by atoms with Crippen molar-refractivity contribution >= 4 is 0 Å². The standard InChI is InChI=1S/C10H23N3/c1-8(6-11)10(12-2)9-4-5-13(3)7-9/h8-10,12H,4-7,11H2,1-3H3. The maximum atomic E-state index is 5.70. The fraction of sp³-hybridized carbons (Fsp3) is 1.00. The number of nitrogens with zero attached hydrogens (tertiary/aromatic N) is 1. The van der Waals surface area contributed by atoms with Gasteiger partial charge in [-0.3, -0.25) is 0 Å². The van der Waals surface area contributed by atoms with Crippen LogP contribution in [0.5, 0.6) is 0 Å². The Bertz CT molecular complexity index is 149. The number of hydrogen-bond acceptors (Lipinski definition) is 3. The first-order valence-electron chi connectivity index (χ1n) is 5.25. The molecule has 0 amide bonds. The van der Waals surface area contributed by atoms with E-state index in [-0.39, 0.29) is 0 Å². The van der Waals surface area contributed by atoms with E-state index in [9.17, 15) is 0 Å². The molecule has 1 aliphatic rings. The van der Waals surface area contributed by atoms with Gasteiger partial charge in [-0.1, -0.05) is 6.92 Å². The number of likely N-dealkylation sites (tertiary alicyclic amines) is 1. The molecule has 1 heterocycles. The molecular weight excluding hydrogens is 162 g/mol. The monoisotopic (exact) mass is 185 g/mol. The van der Waals surface area contributed by atoms with Crippen LogP contribution in [0.2, 0.25) is 0 Å². The van der Waals surface area contributed by atoms with Crippen molar-refractivity contribution in [1.29, 1.82) is 0 Å². The fourth-order valence-corrected chi connectivity index (χ4v) is 2.39. The molecule has 0 aromatic carbocycles. The van der Waals surface area contributed by atoms with E-state index in [0.717, 1.165) is 12.5 Å². The minimum absolute atomic E-state index is 0.585. The van der Waals surface area contributed by atoms with E-state index in [1.807, 2.05) is 0 Å². The van der Waals surface area contributed by atoms with Crippen LogP contribution in [0.25, 0.3) is 0 Å². The number of nitrogens with two attached hydrogens (primary N) is 1. The van der Waals surface area contributed by atoms with Gasteiger partial charge in [-0.05, 0) is 45.4 Å². The Labute approximate surface area is 81.7 Å². The summed E-state index contributed by atoms with van der Waals surface area (Å²) in [4.78, 5) is 2.40. The molecule has 78 valence electrons. The summed E-state index contributed by atoms with van der Waals surface area (Å²) in [7, 11) is 4.25. The molecule has 0 aliphatic carbocycles. The van der Waals surface area contributed by atoms with E-state index in [2.05, 4.69) is 31.2 Å². The second-order valence-corrected chi connectivity index (χ2v) is 4.34. The van der Waals surface area contributed by atoms with E-state index in [4.69, 9.17) is 5.73 Å². The predicted molar refractivity (Wildman–Crippen MR) is 56.7 cm³/mol. The summed E-state index contributed by atoms with van der Waals surface area (Å²) in [5.41, 5.74) is 5.70. The Morgan fingerprint density at radius 2 is 2.31 bits per heavy atom. The Morgan fingerprint density at radius 3 is 2.69 bits per heavy atom. The molecule has 0 radical (unpaired) electrons. The summed E-state index contributed by atoms with van der Waals surface area (Å²) < 4.78 is 0. The van der Waals surface area contributed by atoms with Crippen LogP contribution >= 0.6 is 0 Å². The molecule has 0 aromatic rings. The summed E-state index contributed by atoms with van der Waals surface area (Å²) in [5.74, 6) is 1.37. The van der Waals surface area contributed by atoms with E-state index >= 15 is 0 Å². The van der Waals surface area contributed by atoms with E-state index in [1.165, 1.54) is 19.5 Å². The summed E-state index contributed by atoms with van der Waals surface area (Å²) in [6.07, 6.45) is 1.31. The van der Waals surface area contributed by atoms with Crippen LogP contribution in [0, 0.1) is 11.8 Å². The quantitative estimate of drug-likeness (QED) is 0.654. The minimum atomic E-state index is 0.585. The van der Waals surface area contributed by atoms with Crippen molar-refractivity contribution in [2.75, 3.05) is 33.7 Å². The van der Waals surface area contributed by atoms with Crippen LogP contribution in [0.1, 0.15) is 13.3 Å². The van der Waals surface area contributed by atoms with Gasteiger partial charge < -0.3 is 16.0 Å². The highest BCUT2D eigenvalue weighted by atomic mass is 15.1. The largest absolute Gasteiger partial charge is 0.330 e. The molecule has 3 atom stereocenters. The zero-order valence-electron chi connectivity index (χ0n) is 9.09. The van der Waals surface area contributed by atoms with Crippen molar-refractivity contribution in [2.45, 2.75) is 19.4 Å². The molecular formula is C10H23N3. The number of rotatable bonds is 4. The maximum absolute atomic E-state index is 5.70. The molecule has 3 heteroatoms. The van der Waals surface area contributed by atoms with Crippen molar-refractivity contribution in [3.05, 3.63) is 0 Å². The molecule has 0 aromatic heterocycles. The van der Waals surface area contributed by atoms with Crippen LogP contribution in [-0.4, -0.2) is 44.7 Å². The maximum Gasteiger partial charge on any atom is 0.0143 e. The van der Waals surface area contributed by atoms with Gasteiger partial charge in [0.15, 0.2) is 0 Å². The van der Waals surface area contributed by atoms with Gasteiger partial charge in [-0.15, -0.1) is 0 Å². The highest BCUT2D eigenvalue weighted by Crippen LogP contribution is 2.22. The topological polar surface area (TPSA) is 41.3 Å². The van der Waals surface area contributed by atoms with Gasteiger partial charge in [0.05, 0.1) is 0 Å². The van der Waals surface area contributed by atoms with Crippen LogP contribution in [0.15, 0.2) is 0 Å². The Kier molecular flexibility index (Phi) is 4.16. The second kappa shape index (κ2) is 4.94. The lowest BCUT2D eigenvalue weighted by molar-refractivity contribution is 0.283. The first-order chi connectivity index (χ1) is 6.19.